The zero-order chi connectivity index (χ0) is 15.6. The number of hydrogen-bond acceptors (Lipinski definition) is 4. The maximum Gasteiger partial charge on any atom is 0.163 e. The molecule has 5 heteroatoms. The number of ether oxygens (including phenoxy) is 2. The second kappa shape index (κ2) is 6.18. The molecule has 1 aromatic heterocycles. The molecule has 1 aromatic carbocycles. The van der Waals surface area contributed by atoms with Gasteiger partial charge in [0.2, 0.25) is 0 Å². The van der Waals surface area contributed by atoms with Crippen molar-refractivity contribution in [3.05, 3.63) is 47.8 Å². The van der Waals surface area contributed by atoms with E-state index < -0.39 is 5.79 Å². The molecule has 1 aliphatic heterocycles. The van der Waals surface area contributed by atoms with E-state index in [2.05, 4.69) is 29.4 Å². The van der Waals surface area contributed by atoms with Gasteiger partial charge in [-0.2, -0.15) is 0 Å². The minimum atomic E-state index is -0.509. The normalized spacial score (nSPS) is 23.8. The first-order chi connectivity index (χ1) is 10.6. The zero-order valence-electron chi connectivity index (χ0n) is 13.4. The van der Waals surface area contributed by atoms with Crippen LogP contribution in [0.25, 0.3) is 0 Å². The molecule has 0 N–H and O–H groups in total. The van der Waals surface area contributed by atoms with Gasteiger partial charge in [-0.25, -0.2) is 4.68 Å². The predicted octanol–water partition coefficient (Wildman–Crippen LogP) is 2.80. The number of aromatic nitrogens is 3. The van der Waals surface area contributed by atoms with Crippen molar-refractivity contribution < 1.29 is 9.47 Å². The topological polar surface area (TPSA) is 49.2 Å². The second-order valence-electron chi connectivity index (χ2n) is 6.22. The molecule has 22 heavy (non-hydrogen) atoms. The number of hydrogen-bond donors (Lipinski definition) is 0. The first-order valence-corrected chi connectivity index (χ1v) is 7.84. The summed E-state index contributed by atoms with van der Waals surface area (Å²) in [6.45, 7) is 6.77. The van der Waals surface area contributed by atoms with Crippen molar-refractivity contribution in [2.45, 2.75) is 58.2 Å². The van der Waals surface area contributed by atoms with Crippen LogP contribution in [-0.2, 0) is 22.4 Å². The Morgan fingerprint density at radius 3 is 2.59 bits per heavy atom. The Hall–Kier alpha value is -1.72. The predicted molar refractivity (Wildman–Crippen MR) is 83.4 cm³/mol. The Kier molecular flexibility index (Phi) is 4.27. The Morgan fingerprint density at radius 2 is 1.86 bits per heavy atom. The van der Waals surface area contributed by atoms with Crippen LogP contribution in [0.2, 0.25) is 0 Å². The number of benzene rings is 1. The van der Waals surface area contributed by atoms with Crippen molar-refractivity contribution >= 4 is 0 Å². The second-order valence-corrected chi connectivity index (χ2v) is 6.22. The number of nitrogens with zero attached hydrogens (tertiary/aromatic N) is 3. The lowest BCUT2D eigenvalue weighted by atomic mass is 10.1. The summed E-state index contributed by atoms with van der Waals surface area (Å²) >= 11 is 0. The fourth-order valence-electron chi connectivity index (χ4n) is 2.91. The summed E-state index contributed by atoms with van der Waals surface area (Å²) in [5.41, 5.74) is 2.16. The molecule has 2 aromatic rings. The molecule has 1 unspecified atom stereocenters. The van der Waals surface area contributed by atoms with Crippen LogP contribution in [-0.4, -0.2) is 33.0 Å². The van der Waals surface area contributed by atoms with Gasteiger partial charge in [0.1, 0.15) is 0 Å². The molecule has 0 radical (unpaired) electrons. The summed E-state index contributed by atoms with van der Waals surface area (Å²) in [5, 5.41) is 8.48. The molecule has 1 saturated heterocycles. The van der Waals surface area contributed by atoms with Crippen molar-refractivity contribution in [1.29, 1.82) is 0 Å². The lowest BCUT2D eigenvalue weighted by molar-refractivity contribution is -0.146. The summed E-state index contributed by atoms with van der Waals surface area (Å²) in [4.78, 5) is 0. The molecule has 1 aliphatic rings. The van der Waals surface area contributed by atoms with E-state index in [1.165, 1.54) is 5.56 Å². The highest BCUT2D eigenvalue weighted by molar-refractivity contribution is 5.15. The Labute approximate surface area is 131 Å². The lowest BCUT2D eigenvalue weighted by Crippen LogP contribution is -2.24. The van der Waals surface area contributed by atoms with Crippen molar-refractivity contribution in [2.75, 3.05) is 0 Å². The minimum Gasteiger partial charge on any atom is -0.345 e. The summed E-state index contributed by atoms with van der Waals surface area (Å²) in [5.74, 6) is -0.509. The van der Waals surface area contributed by atoms with Crippen LogP contribution in [0.3, 0.4) is 0 Å². The van der Waals surface area contributed by atoms with Gasteiger partial charge < -0.3 is 9.47 Å². The van der Waals surface area contributed by atoms with Crippen LogP contribution in [0.15, 0.2) is 36.5 Å². The van der Waals surface area contributed by atoms with Gasteiger partial charge in [-0.15, -0.1) is 5.10 Å². The van der Waals surface area contributed by atoms with E-state index in [1.807, 2.05) is 42.9 Å². The molecule has 0 bridgehead atoms. The van der Waals surface area contributed by atoms with Gasteiger partial charge in [0.15, 0.2) is 5.79 Å². The van der Waals surface area contributed by atoms with E-state index in [0.717, 1.165) is 25.1 Å². The summed E-state index contributed by atoms with van der Waals surface area (Å²) in [7, 11) is 0. The Morgan fingerprint density at radius 1 is 1.14 bits per heavy atom. The molecule has 1 fully saturated rings. The van der Waals surface area contributed by atoms with Crippen LogP contribution < -0.4 is 0 Å². The van der Waals surface area contributed by atoms with E-state index in [0.29, 0.717) is 0 Å². The average molecular weight is 301 g/mol. The molecule has 0 saturated carbocycles. The van der Waals surface area contributed by atoms with E-state index in [9.17, 15) is 0 Å². The van der Waals surface area contributed by atoms with Gasteiger partial charge in [-0.05, 0) is 25.8 Å². The first kappa shape index (κ1) is 15.2. The maximum atomic E-state index is 5.98. The largest absolute Gasteiger partial charge is 0.345 e. The van der Waals surface area contributed by atoms with Crippen LogP contribution >= 0.6 is 0 Å². The summed E-state index contributed by atoms with van der Waals surface area (Å²) in [6, 6.07) is 10.3. The molecule has 0 spiro atoms. The van der Waals surface area contributed by atoms with Gasteiger partial charge in [-0.1, -0.05) is 42.5 Å². The van der Waals surface area contributed by atoms with Crippen molar-refractivity contribution in [1.82, 2.24) is 15.0 Å². The zero-order valence-corrected chi connectivity index (χ0v) is 13.4. The average Bonchev–Trinajstić information content (AvgIpc) is 3.04. The SMILES string of the molecule is CCC1OC(C)(C)O[C@@H]1Cc1cn(Cc2ccccc2)nn1. The molecule has 118 valence electrons. The Balaban J connectivity index is 1.64. The third kappa shape index (κ3) is 3.54. The molecular weight excluding hydrogens is 278 g/mol. The third-order valence-electron chi connectivity index (χ3n) is 3.87. The van der Waals surface area contributed by atoms with Crippen LogP contribution in [0.1, 0.15) is 38.4 Å². The molecule has 3 rings (SSSR count). The van der Waals surface area contributed by atoms with Crippen molar-refractivity contribution in [2.24, 2.45) is 0 Å². The molecule has 0 aliphatic carbocycles. The van der Waals surface area contributed by atoms with Crippen LogP contribution in [0, 0.1) is 0 Å². The number of rotatable bonds is 5. The van der Waals surface area contributed by atoms with Crippen molar-refractivity contribution in [3.8, 4) is 0 Å². The van der Waals surface area contributed by atoms with Gasteiger partial charge in [0, 0.05) is 12.6 Å². The third-order valence-corrected chi connectivity index (χ3v) is 3.87. The van der Waals surface area contributed by atoms with Gasteiger partial charge in [0.05, 0.1) is 24.4 Å². The summed E-state index contributed by atoms with van der Waals surface area (Å²) in [6.07, 6.45) is 3.83. The van der Waals surface area contributed by atoms with Gasteiger partial charge >= 0.3 is 0 Å². The summed E-state index contributed by atoms with van der Waals surface area (Å²) < 4.78 is 13.8. The molecule has 2 atom stereocenters. The standard InChI is InChI=1S/C17H23N3O2/c1-4-15-16(22-17(2,3)21-15)10-14-12-20(19-18-14)11-13-8-6-5-7-9-13/h5-9,12,15-16H,4,10-11H2,1-3H3/t15?,16-/m1/s1. The van der Waals surface area contributed by atoms with E-state index in [4.69, 9.17) is 9.47 Å². The van der Waals surface area contributed by atoms with E-state index in [-0.39, 0.29) is 12.2 Å². The highest BCUT2D eigenvalue weighted by atomic mass is 16.7. The van der Waals surface area contributed by atoms with Crippen LogP contribution in [0.4, 0.5) is 0 Å². The first-order valence-electron chi connectivity index (χ1n) is 7.84. The molecular formula is C17H23N3O2. The minimum absolute atomic E-state index is 0.0434. The highest BCUT2D eigenvalue weighted by Gasteiger charge is 2.40. The molecule has 2 heterocycles. The maximum absolute atomic E-state index is 5.98. The monoisotopic (exact) mass is 301 g/mol. The lowest BCUT2D eigenvalue weighted by Gasteiger charge is -2.16. The van der Waals surface area contributed by atoms with E-state index >= 15 is 0 Å². The van der Waals surface area contributed by atoms with Crippen LogP contribution in [0.5, 0.6) is 0 Å². The fraction of sp³-hybridized carbons (Fsp3) is 0.529. The van der Waals surface area contributed by atoms with Gasteiger partial charge in [-0.3, -0.25) is 0 Å². The quantitative estimate of drug-likeness (QED) is 0.852. The van der Waals surface area contributed by atoms with Gasteiger partial charge in [0.25, 0.3) is 0 Å². The fourth-order valence-corrected chi connectivity index (χ4v) is 2.91. The molecule has 5 nitrogen and oxygen atoms in total. The Bertz CT molecular complexity index is 609. The van der Waals surface area contributed by atoms with Crippen molar-refractivity contribution in [3.63, 3.8) is 0 Å². The molecule has 0 amide bonds. The smallest absolute Gasteiger partial charge is 0.163 e. The highest BCUT2D eigenvalue weighted by Crippen LogP contribution is 2.31. The van der Waals surface area contributed by atoms with E-state index in [1.54, 1.807) is 0 Å².